The van der Waals surface area contributed by atoms with Crippen LogP contribution in [0, 0.1) is 0 Å². The minimum absolute atomic E-state index is 0.151. The van der Waals surface area contributed by atoms with Crippen molar-refractivity contribution >= 4 is 5.91 Å². The van der Waals surface area contributed by atoms with Crippen LogP contribution in [0.3, 0.4) is 0 Å². The molecule has 1 aromatic rings. The topological polar surface area (TPSA) is 32.8 Å². The van der Waals surface area contributed by atoms with Gasteiger partial charge < -0.3 is 14.5 Å². The second-order valence-corrected chi connectivity index (χ2v) is 7.68. The van der Waals surface area contributed by atoms with Crippen LogP contribution in [-0.2, 0) is 0 Å². The summed E-state index contributed by atoms with van der Waals surface area (Å²) in [5, 5.41) is 0. The highest BCUT2D eigenvalue weighted by atomic mass is 16.5. The second kappa shape index (κ2) is 8.70. The Labute approximate surface area is 152 Å². The molecule has 2 heterocycles. The summed E-state index contributed by atoms with van der Waals surface area (Å²) in [4.78, 5) is 17.7. The van der Waals surface area contributed by atoms with Gasteiger partial charge in [0.05, 0.1) is 6.10 Å². The highest BCUT2D eigenvalue weighted by Gasteiger charge is 2.28. The lowest BCUT2D eigenvalue weighted by Gasteiger charge is -2.36. The van der Waals surface area contributed by atoms with E-state index in [1.54, 1.807) is 0 Å². The fourth-order valence-corrected chi connectivity index (χ4v) is 4.02. The summed E-state index contributed by atoms with van der Waals surface area (Å²) in [6, 6.07) is 8.04. The number of likely N-dealkylation sites (tertiary alicyclic amines) is 2. The molecule has 0 radical (unpaired) electrons. The van der Waals surface area contributed by atoms with E-state index in [0.717, 1.165) is 43.7 Å². The van der Waals surface area contributed by atoms with Crippen LogP contribution in [0.5, 0.6) is 5.75 Å². The molecular weight excluding hydrogens is 312 g/mol. The van der Waals surface area contributed by atoms with Gasteiger partial charge in [0.15, 0.2) is 0 Å². The second-order valence-electron chi connectivity index (χ2n) is 7.68. The lowest BCUT2D eigenvalue weighted by Crippen LogP contribution is -2.45. The Morgan fingerprint density at radius 3 is 2.44 bits per heavy atom. The van der Waals surface area contributed by atoms with Crippen LogP contribution in [0.2, 0.25) is 0 Å². The van der Waals surface area contributed by atoms with Crippen LogP contribution in [-0.4, -0.2) is 54.0 Å². The Hall–Kier alpha value is -1.55. The average Bonchev–Trinajstić information content (AvgIpc) is 3.13. The first kappa shape index (κ1) is 18.2. The third-order valence-electron chi connectivity index (χ3n) is 5.34. The monoisotopic (exact) mass is 344 g/mol. The molecule has 2 fully saturated rings. The zero-order valence-electron chi connectivity index (χ0n) is 15.7. The Morgan fingerprint density at radius 1 is 1.08 bits per heavy atom. The first-order valence-electron chi connectivity index (χ1n) is 9.93. The van der Waals surface area contributed by atoms with Crippen LogP contribution >= 0.6 is 0 Å². The fourth-order valence-electron chi connectivity index (χ4n) is 4.02. The first-order valence-corrected chi connectivity index (χ1v) is 9.93. The van der Waals surface area contributed by atoms with Crippen LogP contribution in [0.25, 0.3) is 0 Å². The molecule has 0 bridgehead atoms. The number of benzene rings is 1. The van der Waals surface area contributed by atoms with Gasteiger partial charge in [0.2, 0.25) is 0 Å². The molecule has 2 aliphatic heterocycles. The standard InChI is InChI=1S/C21H32N2O2/c1-17(2)25-20-10-8-18(9-11-20)21(24)23-15-4-3-7-19(23)12-16-22-13-5-6-14-22/h8-11,17,19H,3-7,12-16H2,1-2H3/t19-/m0/s1. The maximum atomic E-state index is 13.0. The van der Waals surface area contributed by atoms with E-state index in [2.05, 4.69) is 9.80 Å². The number of ether oxygens (including phenoxy) is 1. The van der Waals surface area contributed by atoms with Crippen LogP contribution in [0.4, 0.5) is 0 Å². The molecule has 2 aliphatic rings. The normalized spacial score (nSPS) is 21.7. The Morgan fingerprint density at radius 2 is 1.76 bits per heavy atom. The number of carbonyl (C=O) groups is 1. The molecule has 25 heavy (non-hydrogen) atoms. The van der Waals surface area contributed by atoms with Gasteiger partial charge in [-0.2, -0.15) is 0 Å². The highest BCUT2D eigenvalue weighted by Crippen LogP contribution is 2.24. The molecule has 138 valence electrons. The average molecular weight is 344 g/mol. The summed E-state index contributed by atoms with van der Waals surface area (Å²) in [5.41, 5.74) is 0.782. The van der Waals surface area contributed by atoms with Gasteiger partial charge in [-0.3, -0.25) is 4.79 Å². The van der Waals surface area contributed by atoms with Gasteiger partial charge in [-0.25, -0.2) is 0 Å². The van der Waals surface area contributed by atoms with Gasteiger partial charge in [-0.1, -0.05) is 0 Å². The van der Waals surface area contributed by atoms with Gasteiger partial charge in [-0.15, -0.1) is 0 Å². The molecule has 4 nitrogen and oxygen atoms in total. The summed E-state index contributed by atoms with van der Waals surface area (Å²) in [6.45, 7) is 8.52. The Bertz CT molecular complexity index is 550. The smallest absolute Gasteiger partial charge is 0.254 e. The van der Waals surface area contributed by atoms with Crippen molar-refractivity contribution in [2.75, 3.05) is 26.2 Å². The Kier molecular flexibility index (Phi) is 6.35. The predicted octanol–water partition coefficient (Wildman–Crippen LogP) is 3.95. The van der Waals surface area contributed by atoms with Crippen molar-refractivity contribution in [2.24, 2.45) is 0 Å². The highest BCUT2D eigenvalue weighted by molar-refractivity contribution is 5.94. The van der Waals surface area contributed by atoms with E-state index < -0.39 is 0 Å². The zero-order valence-corrected chi connectivity index (χ0v) is 15.7. The molecule has 1 aromatic carbocycles. The van der Waals surface area contributed by atoms with Gasteiger partial charge in [0.25, 0.3) is 5.91 Å². The number of piperidine rings is 1. The molecule has 0 aliphatic carbocycles. The van der Waals surface area contributed by atoms with Crippen LogP contribution in [0.15, 0.2) is 24.3 Å². The quantitative estimate of drug-likeness (QED) is 0.783. The van der Waals surface area contributed by atoms with Crippen molar-refractivity contribution in [2.45, 2.75) is 64.5 Å². The molecule has 0 aromatic heterocycles. The van der Waals surface area contributed by atoms with Crippen LogP contribution in [0.1, 0.15) is 62.7 Å². The van der Waals surface area contributed by atoms with Crippen molar-refractivity contribution in [3.05, 3.63) is 29.8 Å². The maximum Gasteiger partial charge on any atom is 0.254 e. The number of amides is 1. The summed E-state index contributed by atoms with van der Waals surface area (Å²) < 4.78 is 5.68. The van der Waals surface area contributed by atoms with Gasteiger partial charge in [-0.05, 0) is 89.7 Å². The van der Waals surface area contributed by atoms with Crippen molar-refractivity contribution in [3.8, 4) is 5.75 Å². The van der Waals surface area contributed by atoms with Crippen molar-refractivity contribution in [1.82, 2.24) is 9.80 Å². The van der Waals surface area contributed by atoms with E-state index in [4.69, 9.17) is 4.74 Å². The minimum Gasteiger partial charge on any atom is -0.491 e. The van der Waals surface area contributed by atoms with E-state index in [9.17, 15) is 4.79 Å². The Balaban J connectivity index is 1.61. The zero-order chi connectivity index (χ0) is 17.6. The van der Waals surface area contributed by atoms with Gasteiger partial charge >= 0.3 is 0 Å². The molecule has 0 spiro atoms. The van der Waals surface area contributed by atoms with Crippen LogP contribution < -0.4 is 4.74 Å². The number of hydrogen-bond donors (Lipinski definition) is 0. The lowest BCUT2D eigenvalue weighted by molar-refractivity contribution is 0.0588. The summed E-state index contributed by atoms with van der Waals surface area (Å²) in [7, 11) is 0. The molecular formula is C21H32N2O2. The summed E-state index contributed by atoms with van der Waals surface area (Å²) >= 11 is 0. The molecule has 4 heteroatoms. The predicted molar refractivity (Wildman–Crippen MR) is 101 cm³/mol. The molecule has 0 saturated carbocycles. The largest absolute Gasteiger partial charge is 0.491 e. The van der Waals surface area contributed by atoms with E-state index in [0.29, 0.717) is 6.04 Å². The molecule has 2 saturated heterocycles. The van der Waals surface area contributed by atoms with Crippen molar-refractivity contribution in [1.29, 1.82) is 0 Å². The number of carbonyl (C=O) groups excluding carboxylic acids is 1. The van der Waals surface area contributed by atoms with Gasteiger partial charge in [0, 0.05) is 24.7 Å². The van der Waals surface area contributed by atoms with E-state index in [1.165, 1.54) is 32.4 Å². The van der Waals surface area contributed by atoms with E-state index in [-0.39, 0.29) is 12.0 Å². The lowest BCUT2D eigenvalue weighted by atomic mass is 9.98. The number of hydrogen-bond acceptors (Lipinski definition) is 3. The number of rotatable bonds is 6. The molecule has 3 rings (SSSR count). The van der Waals surface area contributed by atoms with Crippen molar-refractivity contribution < 1.29 is 9.53 Å². The van der Waals surface area contributed by atoms with Gasteiger partial charge in [0.1, 0.15) is 5.75 Å². The first-order chi connectivity index (χ1) is 12.1. The number of nitrogens with zero attached hydrogens (tertiary/aromatic N) is 2. The molecule has 1 atom stereocenters. The van der Waals surface area contributed by atoms with Crippen molar-refractivity contribution in [3.63, 3.8) is 0 Å². The summed E-state index contributed by atoms with van der Waals surface area (Å²) in [5.74, 6) is 1.01. The minimum atomic E-state index is 0.151. The molecule has 0 unspecified atom stereocenters. The molecule has 0 N–H and O–H groups in total. The SMILES string of the molecule is CC(C)Oc1ccc(C(=O)N2CCCC[C@H]2CCN2CCCC2)cc1. The third-order valence-corrected chi connectivity index (χ3v) is 5.34. The van der Waals surface area contributed by atoms with E-state index in [1.807, 2.05) is 38.1 Å². The molecule has 1 amide bonds. The third kappa shape index (κ3) is 4.97. The van der Waals surface area contributed by atoms with E-state index >= 15 is 0 Å². The summed E-state index contributed by atoms with van der Waals surface area (Å²) in [6.07, 6.45) is 7.44. The fraction of sp³-hybridized carbons (Fsp3) is 0.667. The maximum absolute atomic E-state index is 13.0.